The van der Waals surface area contributed by atoms with E-state index in [1.165, 1.54) is 11.3 Å². The lowest BCUT2D eigenvalue weighted by molar-refractivity contribution is -0.130. The van der Waals surface area contributed by atoms with Crippen LogP contribution in [0.1, 0.15) is 63.6 Å². The highest BCUT2D eigenvalue weighted by Crippen LogP contribution is 2.47. The summed E-state index contributed by atoms with van der Waals surface area (Å²) in [5, 5.41) is 9.71. The predicted octanol–water partition coefficient (Wildman–Crippen LogP) is 3.97. The molecule has 0 bridgehead atoms. The van der Waals surface area contributed by atoms with Gasteiger partial charge in [0.15, 0.2) is 0 Å². The zero-order valence-electron chi connectivity index (χ0n) is 26.1. The lowest BCUT2D eigenvalue weighted by atomic mass is 10.1. The number of pyridine rings is 1. The van der Waals surface area contributed by atoms with E-state index in [1.807, 2.05) is 30.5 Å². The third-order valence-electron chi connectivity index (χ3n) is 9.28. The summed E-state index contributed by atoms with van der Waals surface area (Å²) in [6.45, 7) is 11.9. The molecule has 2 aliphatic carbocycles. The van der Waals surface area contributed by atoms with E-state index in [0.29, 0.717) is 43.0 Å². The molecule has 3 heterocycles. The first-order valence-corrected chi connectivity index (χ1v) is 17.5. The van der Waals surface area contributed by atoms with Crippen molar-refractivity contribution in [1.29, 1.82) is 0 Å². The third-order valence-corrected chi connectivity index (χ3v) is 12.3. The molecule has 2 amide bonds. The van der Waals surface area contributed by atoms with Crippen molar-refractivity contribution in [3.63, 3.8) is 0 Å². The van der Waals surface area contributed by atoms with Gasteiger partial charge < -0.3 is 20.1 Å². The number of nitrogens with zero attached hydrogens (tertiary/aromatic N) is 2. The van der Waals surface area contributed by atoms with E-state index in [2.05, 4.69) is 35.8 Å². The maximum Gasteiger partial charge on any atom is 0.259 e. The number of hydrogen-bond donors (Lipinski definition) is 3. The zero-order valence-corrected chi connectivity index (χ0v) is 27.7. The number of sulfonamides is 1. The Morgan fingerprint density at radius 3 is 2.60 bits per heavy atom. The van der Waals surface area contributed by atoms with Gasteiger partial charge in [0.2, 0.25) is 15.9 Å². The molecule has 4 atom stereocenters. The van der Waals surface area contributed by atoms with E-state index in [9.17, 15) is 18.0 Å². The van der Waals surface area contributed by atoms with E-state index in [0.717, 1.165) is 27.2 Å². The first-order chi connectivity index (χ1) is 21.3. The second kappa shape index (κ2) is 11.4. The summed E-state index contributed by atoms with van der Waals surface area (Å²) in [7, 11) is -2.22. The topological polar surface area (TPSA) is 149 Å². The van der Waals surface area contributed by atoms with Gasteiger partial charge in [-0.1, -0.05) is 19.9 Å². The van der Waals surface area contributed by atoms with Gasteiger partial charge in [0.05, 0.1) is 29.1 Å². The number of rotatable bonds is 11. The number of fused-ring (bicyclic) bond motifs is 1. The summed E-state index contributed by atoms with van der Waals surface area (Å²) >= 11 is 1.53. The number of hydrogen-bond acceptors (Lipinski definition) is 10. The molecule has 1 saturated heterocycles. The molecule has 0 unspecified atom stereocenters. The smallest absolute Gasteiger partial charge is 0.259 e. The van der Waals surface area contributed by atoms with Crippen molar-refractivity contribution >= 4 is 44.1 Å². The average Bonchev–Trinajstić information content (AvgIpc) is 3.76. The van der Waals surface area contributed by atoms with Gasteiger partial charge in [-0.15, -0.1) is 17.9 Å². The maximum absolute atomic E-state index is 13.4. The Hall–Kier alpha value is -3.55. The largest absolute Gasteiger partial charge is 0.496 e. The van der Waals surface area contributed by atoms with E-state index in [4.69, 9.17) is 19.4 Å². The minimum atomic E-state index is -3.85. The minimum Gasteiger partial charge on any atom is -0.496 e. The molecule has 0 spiro atoms. The fraction of sp³-hybridized carbons (Fsp3) is 0.500. The first kappa shape index (κ1) is 31.4. The Balaban J connectivity index is 1.20. The number of aryl methyl sites for hydroxylation is 1. The number of methoxy groups -OCH3 is 1. The van der Waals surface area contributed by atoms with Gasteiger partial charge in [-0.05, 0) is 51.2 Å². The third kappa shape index (κ3) is 5.70. The Morgan fingerprint density at radius 1 is 1.22 bits per heavy atom. The number of ether oxygens (including phenoxy) is 2. The van der Waals surface area contributed by atoms with Crippen LogP contribution >= 0.6 is 11.3 Å². The van der Waals surface area contributed by atoms with Crippen LogP contribution in [-0.2, 0) is 19.6 Å². The number of amides is 2. The second-order valence-electron chi connectivity index (χ2n) is 12.9. The normalized spacial score (nSPS) is 25.2. The molecule has 6 rings (SSSR count). The molecule has 3 aromatic rings. The van der Waals surface area contributed by atoms with Crippen LogP contribution in [0.4, 0.5) is 0 Å². The molecular formula is C32H39N5O6S2. The van der Waals surface area contributed by atoms with Crippen LogP contribution in [0.25, 0.3) is 21.6 Å². The molecule has 1 aromatic carbocycles. The molecule has 13 heteroatoms. The fourth-order valence-electron chi connectivity index (χ4n) is 5.77. The van der Waals surface area contributed by atoms with Gasteiger partial charge in [-0.25, -0.2) is 18.4 Å². The van der Waals surface area contributed by atoms with Gasteiger partial charge in [0.25, 0.3) is 5.91 Å². The highest BCUT2D eigenvalue weighted by molar-refractivity contribution is 7.91. The molecule has 2 aromatic heterocycles. The Bertz CT molecular complexity index is 1800. The van der Waals surface area contributed by atoms with Gasteiger partial charge in [-0.2, -0.15) is 0 Å². The van der Waals surface area contributed by atoms with Crippen LogP contribution in [0.5, 0.6) is 11.5 Å². The number of benzene rings is 1. The summed E-state index contributed by atoms with van der Waals surface area (Å²) in [6, 6.07) is 5.06. The van der Waals surface area contributed by atoms with Gasteiger partial charge >= 0.3 is 0 Å². The molecular weight excluding hydrogens is 615 g/mol. The fourth-order valence-corrected chi connectivity index (χ4v) is 8.02. The number of carbonyl (C=O) groups is 2. The van der Waals surface area contributed by atoms with E-state index < -0.39 is 32.3 Å². The standard InChI is InChI=1S/C32H39N5O6S2/c1-7-19-14-32(19,30(39)37-45(40,41)31(5)10-11-31)36-28(38)22-12-20(15-33-22)43-26-13-23(29-35-24(16-44-29)17(2)3)34-27-18(4)25(42-6)9-8-21(26)27/h7-9,13,16-17,19-20,22,33H,1,10-12,14-15H2,2-6H3,(H,36,38)(H,37,39)/t19-,20-,22+,32-/m1/s1. The van der Waals surface area contributed by atoms with Crippen molar-refractivity contribution in [3.8, 4) is 22.2 Å². The highest BCUT2D eigenvalue weighted by Gasteiger charge is 2.62. The average molecular weight is 654 g/mol. The Kier molecular flexibility index (Phi) is 7.93. The highest BCUT2D eigenvalue weighted by atomic mass is 32.2. The van der Waals surface area contributed by atoms with Gasteiger partial charge in [0, 0.05) is 41.3 Å². The van der Waals surface area contributed by atoms with Gasteiger partial charge in [-0.3, -0.25) is 14.3 Å². The maximum atomic E-state index is 13.4. The lowest BCUT2D eigenvalue weighted by Crippen LogP contribution is -2.56. The summed E-state index contributed by atoms with van der Waals surface area (Å²) in [5.41, 5.74) is 1.98. The van der Waals surface area contributed by atoms with Crippen LogP contribution in [-0.4, -0.2) is 66.3 Å². The van der Waals surface area contributed by atoms with Crippen molar-refractivity contribution < 1.29 is 27.5 Å². The Labute approximate surface area is 267 Å². The van der Waals surface area contributed by atoms with Crippen LogP contribution in [0.2, 0.25) is 0 Å². The minimum absolute atomic E-state index is 0.286. The molecule has 2 saturated carbocycles. The molecule has 3 aliphatic rings. The van der Waals surface area contributed by atoms with Crippen molar-refractivity contribution in [3.05, 3.63) is 47.5 Å². The summed E-state index contributed by atoms with van der Waals surface area (Å²) in [5.74, 6) is 0.160. The van der Waals surface area contributed by atoms with Crippen molar-refractivity contribution in [2.75, 3.05) is 13.7 Å². The van der Waals surface area contributed by atoms with Crippen molar-refractivity contribution in [1.82, 2.24) is 25.3 Å². The lowest BCUT2D eigenvalue weighted by Gasteiger charge is -2.22. The van der Waals surface area contributed by atoms with Crippen LogP contribution in [0, 0.1) is 12.8 Å². The Morgan fingerprint density at radius 2 is 1.98 bits per heavy atom. The second-order valence-corrected chi connectivity index (χ2v) is 15.9. The summed E-state index contributed by atoms with van der Waals surface area (Å²) < 4.78 is 38.8. The molecule has 1 aliphatic heterocycles. The predicted molar refractivity (Wildman–Crippen MR) is 173 cm³/mol. The molecule has 45 heavy (non-hydrogen) atoms. The van der Waals surface area contributed by atoms with Gasteiger partial charge in [0.1, 0.15) is 33.8 Å². The molecule has 11 nitrogen and oxygen atoms in total. The SMILES string of the molecule is C=C[C@@H]1C[C@]1(NC(=O)[C@@H]1C[C@@H](Oc2cc(-c3nc(C(C)C)cs3)nc3c(C)c(OC)ccc23)CN1)C(=O)NS(=O)(=O)C1(C)CC1. The first-order valence-electron chi connectivity index (χ1n) is 15.2. The quantitative estimate of drug-likeness (QED) is 0.262. The molecule has 0 radical (unpaired) electrons. The zero-order chi connectivity index (χ0) is 32.3. The van der Waals surface area contributed by atoms with E-state index in [1.54, 1.807) is 20.1 Å². The molecule has 3 fully saturated rings. The molecule has 240 valence electrons. The number of aromatic nitrogens is 2. The number of thiazole rings is 1. The van der Waals surface area contributed by atoms with E-state index >= 15 is 0 Å². The molecule has 3 N–H and O–H groups in total. The monoisotopic (exact) mass is 653 g/mol. The van der Waals surface area contributed by atoms with Crippen molar-refractivity contribution in [2.24, 2.45) is 5.92 Å². The van der Waals surface area contributed by atoms with Crippen LogP contribution in [0.15, 0.2) is 36.2 Å². The number of carbonyl (C=O) groups excluding carboxylic acids is 2. The summed E-state index contributed by atoms with van der Waals surface area (Å²) in [4.78, 5) is 36.4. The van der Waals surface area contributed by atoms with Crippen molar-refractivity contribution in [2.45, 2.75) is 81.7 Å². The van der Waals surface area contributed by atoms with E-state index in [-0.39, 0.29) is 30.3 Å². The summed E-state index contributed by atoms with van der Waals surface area (Å²) in [6.07, 6.45) is 2.86. The van der Waals surface area contributed by atoms with Crippen LogP contribution in [0.3, 0.4) is 0 Å². The number of nitrogens with one attached hydrogen (secondary N) is 3. The van der Waals surface area contributed by atoms with Crippen LogP contribution < -0.4 is 24.8 Å².